The molecule has 0 radical (unpaired) electrons. The van der Waals surface area contributed by atoms with Gasteiger partial charge in [-0.25, -0.2) is 4.79 Å². The summed E-state index contributed by atoms with van der Waals surface area (Å²) in [5, 5.41) is 9.39. The van der Waals surface area contributed by atoms with Gasteiger partial charge in [0.2, 0.25) is 0 Å². The number of rotatable bonds is 1. The van der Waals surface area contributed by atoms with E-state index >= 15 is 0 Å². The molecule has 0 heterocycles. The third-order valence-electron chi connectivity index (χ3n) is 0.416. The lowest BCUT2D eigenvalue weighted by Gasteiger charge is -1.88. The smallest absolute Gasteiger partial charge is 0.411 e. The average molecular weight is 115 g/mol. The molecule has 0 bridgehead atoms. The van der Waals surface area contributed by atoms with E-state index in [2.05, 4.69) is 6.58 Å². The molecule has 2 N–H and O–H groups in total. The number of carbonyl (C=O) groups excluding carboxylic acids is 1. The fourth-order valence-electron chi connectivity index (χ4n) is 0.156. The van der Waals surface area contributed by atoms with E-state index in [9.17, 15) is 9.59 Å². The molecule has 0 atom stereocenters. The Morgan fingerprint density at radius 1 is 1.62 bits per heavy atom. The van der Waals surface area contributed by atoms with Gasteiger partial charge < -0.3 is 5.11 Å². The largest absolute Gasteiger partial charge is 0.465 e. The molecule has 0 aromatic heterocycles. The van der Waals surface area contributed by atoms with Gasteiger partial charge in [-0.15, -0.1) is 0 Å². The van der Waals surface area contributed by atoms with Gasteiger partial charge in [0.25, 0.3) is 5.91 Å². The van der Waals surface area contributed by atoms with E-state index in [-0.39, 0.29) is 0 Å². The van der Waals surface area contributed by atoms with Crippen LogP contribution in [0, 0.1) is 0 Å². The number of hydrogen-bond acceptors (Lipinski definition) is 2. The standard InChI is InChI=1S/C4H5NO3/c1-2-3(6)5-4(7)8/h2H,1H2,(H,5,6)(H,7,8). The van der Waals surface area contributed by atoms with Crippen molar-refractivity contribution in [2.75, 3.05) is 0 Å². The molecule has 0 unspecified atom stereocenters. The molecule has 4 nitrogen and oxygen atoms in total. The third-order valence-corrected chi connectivity index (χ3v) is 0.416. The van der Waals surface area contributed by atoms with Gasteiger partial charge in [-0.05, 0) is 6.08 Å². The topological polar surface area (TPSA) is 66.4 Å². The van der Waals surface area contributed by atoms with Crippen LogP contribution in [0.4, 0.5) is 4.79 Å². The molecule has 4 heteroatoms. The fraction of sp³-hybridized carbons (Fsp3) is 0. The van der Waals surface area contributed by atoms with Crippen molar-refractivity contribution in [3.05, 3.63) is 12.7 Å². The second kappa shape index (κ2) is 2.79. The van der Waals surface area contributed by atoms with E-state index in [0.717, 1.165) is 6.08 Å². The number of hydrogen-bond donors (Lipinski definition) is 2. The predicted molar refractivity (Wildman–Crippen MR) is 26.4 cm³/mol. The molecule has 0 saturated carbocycles. The van der Waals surface area contributed by atoms with Crippen LogP contribution in [0.15, 0.2) is 12.7 Å². The van der Waals surface area contributed by atoms with E-state index in [0.29, 0.717) is 0 Å². The minimum atomic E-state index is -1.37. The first kappa shape index (κ1) is 6.68. The Hall–Kier alpha value is -1.32. The van der Waals surface area contributed by atoms with Crippen molar-refractivity contribution >= 4 is 12.0 Å². The van der Waals surface area contributed by atoms with Gasteiger partial charge in [0, 0.05) is 0 Å². The highest BCUT2D eigenvalue weighted by Gasteiger charge is 1.96. The van der Waals surface area contributed by atoms with Gasteiger partial charge in [-0.2, -0.15) is 0 Å². The molecule has 44 valence electrons. The molecule has 2 amide bonds. The van der Waals surface area contributed by atoms with Gasteiger partial charge in [-0.1, -0.05) is 6.58 Å². The minimum absolute atomic E-state index is 0.711. The first-order valence-corrected chi connectivity index (χ1v) is 1.83. The second-order valence-corrected chi connectivity index (χ2v) is 0.999. The lowest BCUT2D eigenvalue weighted by Crippen LogP contribution is -2.26. The highest BCUT2D eigenvalue weighted by atomic mass is 16.4. The van der Waals surface area contributed by atoms with Crippen molar-refractivity contribution < 1.29 is 14.7 Å². The third kappa shape index (κ3) is 2.89. The summed E-state index contributed by atoms with van der Waals surface area (Å²) >= 11 is 0. The zero-order chi connectivity index (χ0) is 6.57. The Kier molecular flexibility index (Phi) is 2.33. The monoisotopic (exact) mass is 115 g/mol. The molecular formula is C4H5NO3. The molecule has 0 aliphatic carbocycles. The Bertz CT molecular complexity index is 129. The molecule has 0 aromatic carbocycles. The second-order valence-electron chi connectivity index (χ2n) is 0.999. The predicted octanol–water partition coefficient (Wildman–Crippen LogP) is -0.0334. The molecule has 0 aromatic rings. The quantitative estimate of drug-likeness (QED) is 0.471. The molecule has 0 fully saturated rings. The van der Waals surface area contributed by atoms with Crippen LogP contribution in [0.25, 0.3) is 0 Å². The van der Waals surface area contributed by atoms with E-state index in [1.165, 1.54) is 0 Å². The van der Waals surface area contributed by atoms with Crippen LogP contribution in [-0.2, 0) is 4.79 Å². The van der Waals surface area contributed by atoms with Crippen LogP contribution in [-0.4, -0.2) is 17.1 Å². The van der Waals surface area contributed by atoms with Gasteiger partial charge >= 0.3 is 6.09 Å². The molecule has 0 aliphatic heterocycles. The fourth-order valence-corrected chi connectivity index (χ4v) is 0.156. The van der Waals surface area contributed by atoms with Crippen molar-refractivity contribution in [2.24, 2.45) is 0 Å². The van der Waals surface area contributed by atoms with Crippen molar-refractivity contribution in [1.29, 1.82) is 0 Å². The van der Waals surface area contributed by atoms with Crippen molar-refractivity contribution in [3.8, 4) is 0 Å². The van der Waals surface area contributed by atoms with Gasteiger partial charge in [0.15, 0.2) is 0 Å². The summed E-state index contributed by atoms with van der Waals surface area (Å²) in [5.74, 6) is -0.711. The summed E-state index contributed by atoms with van der Waals surface area (Å²) in [6.45, 7) is 3.04. The molecule has 0 aliphatic rings. The molecule has 0 rings (SSSR count). The van der Waals surface area contributed by atoms with Crippen LogP contribution in [0.2, 0.25) is 0 Å². The number of carboxylic acid groups (broad SMARTS) is 1. The van der Waals surface area contributed by atoms with Crippen molar-refractivity contribution in [1.82, 2.24) is 5.32 Å². The highest BCUT2D eigenvalue weighted by Crippen LogP contribution is 1.64. The Morgan fingerprint density at radius 2 is 2.12 bits per heavy atom. The zero-order valence-electron chi connectivity index (χ0n) is 4.05. The summed E-state index contributed by atoms with van der Waals surface area (Å²) in [5.41, 5.74) is 0. The Labute approximate surface area is 45.8 Å². The number of imide groups is 1. The first-order valence-electron chi connectivity index (χ1n) is 1.83. The van der Waals surface area contributed by atoms with Crippen LogP contribution < -0.4 is 5.32 Å². The lowest BCUT2D eigenvalue weighted by atomic mass is 10.6. The Morgan fingerprint density at radius 3 is 2.25 bits per heavy atom. The molecule has 8 heavy (non-hydrogen) atoms. The number of carbonyl (C=O) groups is 2. The van der Waals surface area contributed by atoms with E-state index < -0.39 is 12.0 Å². The summed E-state index contributed by atoms with van der Waals surface area (Å²) in [6.07, 6.45) is -0.483. The van der Waals surface area contributed by atoms with Crippen LogP contribution in [0.3, 0.4) is 0 Å². The summed E-state index contributed by atoms with van der Waals surface area (Å²) < 4.78 is 0. The van der Waals surface area contributed by atoms with Crippen molar-refractivity contribution in [3.63, 3.8) is 0 Å². The SMILES string of the molecule is C=CC(=O)NC(=O)O. The van der Waals surface area contributed by atoms with E-state index in [4.69, 9.17) is 5.11 Å². The summed E-state index contributed by atoms with van der Waals surface area (Å²) in [7, 11) is 0. The molecular weight excluding hydrogens is 110 g/mol. The van der Waals surface area contributed by atoms with Crippen LogP contribution >= 0.6 is 0 Å². The van der Waals surface area contributed by atoms with Crippen LogP contribution in [0.5, 0.6) is 0 Å². The highest BCUT2D eigenvalue weighted by molar-refractivity contribution is 5.97. The maximum absolute atomic E-state index is 10.0. The molecule has 0 saturated heterocycles. The maximum Gasteiger partial charge on any atom is 0.411 e. The van der Waals surface area contributed by atoms with Crippen molar-refractivity contribution in [2.45, 2.75) is 0 Å². The first-order chi connectivity index (χ1) is 3.66. The van der Waals surface area contributed by atoms with Gasteiger partial charge in [0.05, 0.1) is 0 Å². The zero-order valence-corrected chi connectivity index (χ0v) is 4.05. The average Bonchev–Trinajstić information content (AvgIpc) is 1.65. The van der Waals surface area contributed by atoms with Gasteiger partial charge in [-0.3, -0.25) is 10.1 Å². The maximum atomic E-state index is 10.0. The summed E-state index contributed by atoms with van der Waals surface area (Å²) in [4.78, 5) is 19.6. The van der Waals surface area contributed by atoms with Crippen LogP contribution in [0.1, 0.15) is 0 Å². The Balaban J connectivity index is 3.55. The van der Waals surface area contributed by atoms with E-state index in [1.807, 2.05) is 0 Å². The van der Waals surface area contributed by atoms with Gasteiger partial charge in [0.1, 0.15) is 0 Å². The minimum Gasteiger partial charge on any atom is -0.465 e. The number of amides is 2. The summed E-state index contributed by atoms with van der Waals surface area (Å²) in [6, 6.07) is 0. The normalized spacial score (nSPS) is 7.50. The lowest BCUT2D eigenvalue weighted by molar-refractivity contribution is -0.115. The molecule has 0 spiro atoms. The van der Waals surface area contributed by atoms with E-state index in [1.54, 1.807) is 5.32 Å². The number of nitrogens with one attached hydrogen (secondary N) is 1.